The fourth-order valence-corrected chi connectivity index (χ4v) is 5.96. The summed E-state index contributed by atoms with van der Waals surface area (Å²) in [4.78, 5) is 22.3. The molecule has 6 heteroatoms. The third-order valence-corrected chi connectivity index (χ3v) is 7.96. The number of hydrogen-bond acceptors (Lipinski definition) is 4. The van der Waals surface area contributed by atoms with E-state index in [-0.39, 0.29) is 11.7 Å². The van der Waals surface area contributed by atoms with Gasteiger partial charge in [0.05, 0.1) is 28.2 Å². The van der Waals surface area contributed by atoms with Crippen LogP contribution < -0.4 is 0 Å². The zero-order chi connectivity index (χ0) is 26.3. The predicted molar refractivity (Wildman–Crippen MR) is 160 cm³/mol. The molecule has 0 unspecified atom stereocenters. The molecule has 0 atom stereocenters. The highest BCUT2D eigenvalue weighted by molar-refractivity contribution is 8.00. The van der Waals surface area contributed by atoms with Gasteiger partial charge < -0.3 is 4.98 Å². The molecule has 3 heterocycles. The molecule has 0 bridgehead atoms. The van der Waals surface area contributed by atoms with Gasteiger partial charge in [0.15, 0.2) is 0 Å². The van der Waals surface area contributed by atoms with Crippen LogP contribution in [0.1, 0.15) is 10.4 Å². The number of H-pyrrole nitrogens is 1. The van der Waals surface area contributed by atoms with Crippen molar-refractivity contribution in [3.05, 3.63) is 115 Å². The van der Waals surface area contributed by atoms with E-state index >= 15 is 0 Å². The summed E-state index contributed by atoms with van der Waals surface area (Å²) in [5.41, 5.74) is 7.66. The van der Waals surface area contributed by atoms with E-state index < -0.39 is 0 Å². The Morgan fingerprint density at radius 2 is 1.49 bits per heavy atom. The van der Waals surface area contributed by atoms with Gasteiger partial charge in [0.2, 0.25) is 0 Å². The Balaban J connectivity index is 1.29. The van der Waals surface area contributed by atoms with Crippen molar-refractivity contribution in [1.29, 1.82) is 0 Å². The molecule has 0 radical (unpaired) electrons. The Labute approximate surface area is 229 Å². The molecule has 4 aromatic carbocycles. The third kappa shape index (κ3) is 4.19. The van der Waals surface area contributed by atoms with Gasteiger partial charge in [0.1, 0.15) is 5.03 Å². The monoisotopic (exact) mass is 524 g/mol. The van der Waals surface area contributed by atoms with Crippen molar-refractivity contribution in [1.82, 2.24) is 19.7 Å². The Morgan fingerprint density at radius 1 is 0.795 bits per heavy atom. The number of aromatic amines is 1. The summed E-state index contributed by atoms with van der Waals surface area (Å²) >= 11 is 1.46. The number of aromatic nitrogens is 4. The summed E-state index contributed by atoms with van der Waals surface area (Å²) in [6.45, 7) is 2.09. The highest BCUT2D eigenvalue weighted by Gasteiger charge is 2.19. The van der Waals surface area contributed by atoms with Gasteiger partial charge in [0.25, 0.3) is 5.91 Å². The van der Waals surface area contributed by atoms with E-state index in [9.17, 15) is 4.79 Å². The maximum atomic E-state index is 13.7. The number of hydrogen-bond donors (Lipinski definition) is 1. The molecule has 7 aromatic rings. The molecule has 39 heavy (non-hydrogen) atoms. The smallest absolute Gasteiger partial charge is 0.257 e. The summed E-state index contributed by atoms with van der Waals surface area (Å²) in [5.74, 6) is 0.112. The second-order valence-electron chi connectivity index (χ2n) is 9.60. The molecule has 0 aliphatic heterocycles. The number of rotatable bonds is 5. The average molecular weight is 525 g/mol. The molecule has 0 saturated heterocycles. The van der Waals surface area contributed by atoms with E-state index in [1.54, 1.807) is 4.68 Å². The highest BCUT2D eigenvalue weighted by atomic mass is 32.2. The van der Waals surface area contributed by atoms with Crippen LogP contribution in [0.2, 0.25) is 0 Å². The van der Waals surface area contributed by atoms with Gasteiger partial charge in [-0.25, -0.2) is 4.98 Å². The molecule has 0 fully saturated rings. The number of nitrogens with one attached hydrogen (secondary N) is 1. The van der Waals surface area contributed by atoms with E-state index in [2.05, 4.69) is 42.2 Å². The fourth-order valence-electron chi connectivity index (χ4n) is 5.09. The van der Waals surface area contributed by atoms with Crippen molar-refractivity contribution in [3.63, 3.8) is 0 Å². The van der Waals surface area contributed by atoms with Gasteiger partial charge in [-0.15, -0.1) is 0 Å². The summed E-state index contributed by atoms with van der Waals surface area (Å²) < 4.78 is 1.54. The van der Waals surface area contributed by atoms with Crippen LogP contribution in [0.5, 0.6) is 0 Å². The molecule has 0 aliphatic carbocycles. The second kappa shape index (κ2) is 9.57. The van der Waals surface area contributed by atoms with Gasteiger partial charge >= 0.3 is 0 Å². The van der Waals surface area contributed by atoms with Crippen LogP contribution in [0.25, 0.3) is 55.2 Å². The number of thioether (sulfide) groups is 1. The summed E-state index contributed by atoms with van der Waals surface area (Å²) in [6, 6.07) is 36.5. The van der Waals surface area contributed by atoms with Crippen LogP contribution >= 0.6 is 11.8 Å². The van der Waals surface area contributed by atoms with Crippen molar-refractivity contribution >= 4 is 50.4 Å². The maximum absolute atomic E-state index is 13.7. The minimum absolute atomic E-state index is 0.0956. The third-order valence-electron chi connectivity index (χ3n) is 6.98. The van der Waals surface area contributed by atoms with Gasteiger partial charge in [-0.05, 0) is 25.1 Å². The number of aryl methyl sites for hydroxylation is 1. The zero-order valence-corrected chi connectivity index (χ0v) is 22.1. The number of fused-ring (bicyclic) bond motifs is 5. The highest BCUT2D eigenvalue weighted by Crippen LogP contribution is 2.35. The lowest BCUT2D eigenvalue weighted by Crippen LogP contribution is -2.16. The number of nitrogens with zero attached hydrogens (tertiary/aromatic N) is 3. The zero-order valence-electron chi connectivity index (χ0n) is 21.3. The minimum Gasteiger partial charge on any atom is -0.353 e. The van der Waals surface area contributed by atoms with Gasteiger partial charge in [-0.2, -0.15) is 9.78 Å². The second-order valence-corrected chi connectivity index (χ2v) is 10.6. The van der Waals surface area contributed by atoms with Crippen molar-refractivity contribution in [2.24, 2.45) is 0 Å². The van der Waals surface area contributed by atoms with Crippen LogP contribution in [0.4, 0.5) is 0 Å². The van der Waals surface area contributed by atoms with Crippen molar-refractivity contribution < 1.29 is 4.79 Å². The lowest BCUT2D eigenvalue weighted by molar-refractivity contribution is 0.0929. The number of carbonyl (C=O) groups is 1. The number of pyridine rings is 1. The summed E-state index contributed by atoms with van der Waals surface area (Å²) in [6.07, 6.45) is 0. The lowest BCUT2D eigenvalue weighted by Gasteiger charge is -2.09. The average Bonchev–Trinajstić information content (AvgIpc) is 3.59. The van der Waals surface area contributed by atoms with Crippen LogP contribution in [0.3, 0.4) is 0 Å². The molecule has 0 spiro atoms. The Morgan fingerprint density at radius 3 is 2.26 bits per heavy atom. The predicted octanol–water partition coefficient (Wildman–Crippen LogP) is 8.14. The standard InChI is InChI=1S/C33H24N4OS/c1-21-16-17-27-26(18-21)32-31(34-27)24-14-8-9-15-25(24)33(35-32)39-20-30(38)37-29(23-12-6-3-7-13-23)19-28(36-37)22-10-4-2-5-11-22/h2-19,34H,20H2,1H3. The van der Waals surface area contributed by atoms with Crippen LogP contribution in [-0.2, 0) is 0 Å². The van der Waals surface area contributed by atoms with Crippen LogP contribution in [0, 0.1) is 6.92 Å². The molecule has 7 rings (SSSR count). The summed E-state index contributed by atoms with van der Waals surface area (Å²) in [5, 5.41) is 8.81. The summed E-state index contributed by atoms with van der Waals surface area (Å²) in [7, 11) is 0. The molecule has 5 nitrogen and oxygen atoms in total. The molecule has 188 valence electrons. The molecule has 0 amide bonds. The molecule has 1 N–H and O–H groups in total. The largest absolute Gasteiger partial charge is 0.353 e. The Hall–Kier alpha value is -4.68. The van der Waals surface area contributed by atoms with E-state index in [1.165, 1.54) is 17.3 Å². The normalized spacial score (nSPS) is 11.5. The first-order valence-electron chi connectivity index (χ1n) is 12.8. The molecule has 0 saturated carbocycles. The van der Waals surface area contributed by atoms with Crippen LogP contribution in [0.15, 0.2) is 114 Å². The van der Waals surface area contributed by atoms with Crippen molar-refractivity contribution in [2.75, 3.05) is 5.75 Å². The minimum atomic E-state index is -0.0956. The first kappa shape index (κ1) is 23.4. The Kier molecular flexibility index (Phi) is 5.75. The molecule has 0 aliphatic rings. The number of carbonyl (C=O) groups excluding carboxylic acids is 1. The first-order chi connectivity index (χ1) is 19.2. The van der Waals surface area contributed by atoms with E-state index in [4.69, 9.17) is 10.1 Å². The van der Waals surface area contributed by atoms with E-state index in [0.717, 1.165) is 60.2 Å². The van der Waals surface area contributed by atoms with Crippen molar-refractivity contribution in [3.8, 4) is 22.5 Å². The first-order valence-corrected chi connectivity index (χ1v) is 13.8. The molecule has 3 aromatic heterocycles. The van der Waals surface area contributed by atoms with Gasteiger partial charge in [-0.3, -0.25) is 4.79 Å². The Bertz CT molecular complexity index is 1990. The maximum Gasteiger partial charge on any atom is 0.257 e. The molecular weight excluding hydrogens is 500 g/mol. The van der Waals surface area contributed by atoms with Gasteiger partial charge in [0, 0.05) is 32.8 Å². The van der Waals surface area contributed by atoms with E-state index in [1.807, 2.05) is 78.9 Å². The van der Waals surface area contributed by atoms with E-state index in [0.29, 0.717) is 0 Å². The van der Waals surface area contributed by atoms with Gasteiger partial charge in [-0.1, -0.05) is 108 Å². The SMILES string of the molecule is Cc1ccc2[nH]c3c4ccccc4c(SCC(=O)n4nc(-c5ccccc5)cc4-c4ccccc4)nc3c2c1. The van der Waals surface area contributed by atoms with Crippen molar-refractivity contribution in [2.45, 2.75) is 11.9 Å². The fraction of sp³-hybridized carbons (Fsp3) is 0.0606. The quantitative estimate of drug-likeness (QED) is 0.231. The molecular formula is C33H24N4OS. The lowest BCUT2D eigenvalue weighted by atomic mass is 10.1. The topological polar surface area (TPSA) is 63.6 Å². The number of benzene rings is 4. The van der Waals surface area contributed by atoms with Crippen LogP contribution in [-0.4, -0.2) is 31.4 Å².